The smallest absolute Gasteiger partial charge is 0.241 e. The van der Waals surface area contributed by atoms with Crippen LogP contribution in [0.5, 0.6) is 11.5 Å². The Morgan fingerprint density at radius 2 is 2.04 bits per heavy atom. The molecule has 148 valence electrons. The fourth-order valence-corrected chi connectivity index (χ4v) is 2.89. The minimum Gasteiger partial charge on any atom is -0.455 e. The molecule has 0 spiro atoms. The van der Waals surface area contributed by atoms with Gasteiger partial charge in [-0.2, -0.15) is 0 Å². The molecule has 2 heterocycles. The van der Waals surface area contributed by atoms with Gasteiger partial charge in [0.15, 0.2) is 0 Å². The van der Waals surface area contributed by atoms with Crippen molar-refractivity contribution in [3.05, 3.63) is 48.3 Å². The molecule has 1 unspecified atom stereocenters. The van der Waals surface area contributed by atoms with Crippen LogP contribution < -0.4 is 15.8 Å². The highest BCUT2D eigenvalue weighted by atomic mass is 35.5. The monoisotopic (exact) mass is 413 g/mol. The number of benzene rings is 1. The third kappa shape index (κ3) is 6.36. The number of nitrogens with one attached hydrogen (secondary N) is 1. The van der Waals surface area contributed by atoms with Crippen LogP contribution >= 0.6 is 24.8 Å². The number of nitrogens with two attached hydrogens (primary N) is 1. The van der Waals surface area contributed by atoms with Crippen molar-refractivity contribution in [3.63, 3.8) is 0 Å². The molecule has 1 amide bonds. The number of halogens is 2. The first kappa shape index (κ1) is 23.2. The molecule has 0 aliphatic carbocycles. The largest absolute Gasteiger partial charge is 0.455 e. The van der Waals surface area contributed by atoms with E-state index < -0.39 is 6.04 Å². The van der Waals surface area contributed by atoms with Crippen molar-refractivity contribution < 1.29 is 14.3 Å². The number of hydrogen-bond donors (Lipinski definition) is 2. The molecule has 1 atom stereocenters. The molecule has 3 N–H and O–H groups in total. The second-order valence-electron chi connectivity index (χ2n) is 6.24. The van der Waals surface area contributed by atoms with Gasteiger partial charge >= 0.3 is 0 Å². The number of carbonyl (C=O) groups excluding carboxylic acids is 1. The fraction of sp³-hybridized carbons (Fsp3) is 0.368. The van der Waals surface area contributed by atoms with Crippen molar-refractivity contribution in [2.45, 2.75) is 25.8 Å². The van der Waals surface area contributed by atoms with Crippen molar-refractivity contribution in [3.8, 4) is 11.5 Å². The Hall–Kier alpha value is -1.86. The first-order chi connectivity index (χ1) is 12.1. The average Bonchev–Trinajstić information content (AvgIpc) is 2.65. The minimum absolute atomic E-state index is 0. The Bertz CT molecular complexity index is 725. The van der Waals surface area contributed by atoms with Gasteiger partial charge in [-0.05, 0) is 61.6 Å². The van der Waals surface area contributed by atoms with Crippen LogP contribution in [-0.4, -0.2) is 30.1 Å². The van der Waals surface area contributed by atoms with Crippen molar-refractivity contribution in [2.24, 2.45) is 11.7 Å². The number of carbonyl (C=O) groups is 1. The van der Waals surface area contributed by atoms with Crippen molar-refractivity contribution in [2.75, 3.05) is 18.5 Å². The van der Waals surface area contributed by atoms with Crippen molar-refractivity contribution in [1.29, 1.82) is 0 Å². The lowest BCUT2D eigenvalue weighted by Crippen LogP contribution is -2.44. The maximum atomic E-state index is 12.4. The van der Waals surface area contributed by atoms with E-state index in [0.29, 0.717) is 24.7 Å². The normalized spacial score (nSPS) is 15.0. The van der Waals surface area contributed by atoms with E-state index >= 15 is 0 Å². The maximum Gasteiger partial charge on any atom is 0.241 e. The van der Waals surface area contributed by atoms with Gasteiger partial charge in [0.05, 0.1) is 12.2 Å². The van der Waals surface area contributed by atoms with Crippen LogP contribution in [0.25, 0.3) is 0 Å². The second kappa shape index (κ2) is 11.1. The van der Waals surface area contributed by atoms with Gasteiger partial charge < -0.3 is 20.5 Å². The molecule has 8 heteroatoms. The summed E-state index contributed by atoms with van der Waals surface area (Å²) < 4.78 is 11.1. The van der Waals surface area contributed by atoms with E-state index in [1.807, 2.05) is 37.3 Å². The zero-order chi connectivity index (χ0) is 17.6. The number of amides is 1. The number of rotatable bonds is 5. The van der Waals surface area contributed by atoms with Gasteiger partial charge in [-0.15, -0.1) is 24.8 Å². The average molecular weight is 414 g/mol. The highest BCUT2D eigenvalue weighted by molar-refractivity contribution is 5.95. The predicted octanol–water partition coefficient (Wildman–Crippen LogP) is 3.72. The predicted molar refractivity (Wildman–Crippen MR) is 110 cm³/mol. The summed E-state index contributed by atoms with van der Waals surface area (Å²) in [5.74, 6) is 1.40. The highest BCUT2D eigenvalue weighted by Crippen LogP contribution is 2.27. The first-order valence-corrected chi connectivity index (χ1v) is 8.46. The molecule has 3 rings (SSSR count). The zero-order valence-electron chi connectivity index (χ0n) is 15.1. The Balaban J connectivity index is 0.00000182. The van der Waals surface area contributed by atoms with Gasteiger partial charge in [0, 0.05) is 25.1 Å². The Morgan fingerprint density at radius 3 is 2.67 bits per heavy atom. The lowest BCUT2D eigenvalue weighted by molar-refractivity contribution is -0.119. The van der Waals surface area contributed by atoms with Gasteiger partial charge in [0.1, 0.15) is 11.5 Å². The van der Waals surface area contributed by atoms with E-state index in [1.54, 1.807) is 12.4 Å². The van der Waals surface area contributed by atoms with Crippen molar-refractivity contribution >= 4 is 36.4 Å². The molecule has 2 aromatic rings. The van der Waals surface area contributed by atoms with Crippen LogP contribution in [0.15, 0.2) is 42.7 Å². The van der Waals surface area contributed by atoms with Crippen LogP contribution in [0.1, 0.15) is 18.4 Å². The molecule has 1 aliphatic heterocycles. The molecule has 1 aromatic carbocycles. The fourth-order valence-electron chi connectivity index (χ4n) is 2.89. The minimum atomic E-state index is -0.518. The van der Waals surface area contributed by atoms with Gasteiger partial charge in [0.25, 0.3) is 0 Å². The second-order valence-corrected chi connectivity index (χ2v) is 6.24. The number of nitrogens with zero attached hydrogens (tertiary/aromatic N) is 1. The molecule has 0 radical (unpaired) electrons. The third-order valence-corrected chi connectivity index (χ3v) is 4.38. The molecule has 1 aromatic heterocycles. The summed E-state index contributed by atoms with van der Waals surface area (Å²) in [4.78, 5) is 16.4. The summed E-state index contributed by atoms with van der Waals surface area (Å²) in [6, 6.07) is 8.66. The highest BCUT2D eigenvalue weighted by Gasteiger charge is 2.26. The summed E-state index contributed by atoms with van der Waals surface area (Å²) in [5.41, 5.74) is 7.74. The van der Waals surface area contributed by atoms with Gasteiger partial charge in [0.2, 0.25) is 5.91 Å². The molecule has 27 heavy (non-hydrogen) atoms. The molecule has 1 saturated heterocycles. The first-order valence-electron chi connectivity index (χ1n) is 8.46. The van der Waals surface area contributed by atoms with Crippen LogP contribution in [0.3, 0.4) is 0 Å². The van der Waals surface area contributed by atoms with Crippen LogP contribution in [-0.2, 0) is 9.53 Å². The van der Waals surface area contributed by atoms with E-state index in [1.165, 1.54) is 0 Å². The molecular weight excluding hydrogens is 389 g/mol. The van der Waals surface area contributed by atoms with E-state index in [9.17, 15) is 4.79 Å². The maximum absolute atomic E-state index is 12.4. The van der Waals surface area contributed by atoms with E-state index in [0.717, 1.165) is 24.2 Å². The molecular formula is C19H25Cl2N3O3. The van der Waals surface area contributed by atoms with Crippen molar-refractivity contribution in [1.82, 2.24) is 4.98 Å². The van der Waals surface area contributed by atoms with Gasteiger partial charge in [-0.25, -0.2) is 0 Å². The number of ether oxygens (including phenoxy) is 2. The van der Waals surface area contributed by atoms with E-state index in [4.69, 9.17) is 15.2 Å². The lowest BCUT2D eigenvalue weighted by Gasteiger charge is -2.26. The summed E-state index contributed by atoms with van der Waals surface area (Å²) in [6.07, 6.45) is 5.00. The Kier molecular flexibility index (Phi) is 9.52. The molecule has 0 bridgehead atoms. The standard InChI is InChI=1S/C19H23N3O3.2ClH/c1-13-11-15(4-5-17(13)25-16-3-2-8-21-12-16)22-19(23)18(20)14-6-9-24-10-7-14;;/h2-5,8,11-12,14,18H,6-7,9-10,20H2,1H3,(H,22,23);2*1H. The Labute approximate surface area is 171 Å². The van der Waals surface area contributed by atoms with Crippen LogP contribution in [0.2, 0.25) is 0 Å². The number of hydrogen-bond acceptors (Lipinski definition) is 5. The van der Waals surface area contributed by atoms with E-state index in [2.05, 4.69) is 10.3 Å². The SMILES string of the molecule is Cc1cc(NC(=O)C(N)C2CCOCC2)ccc1Oc1cccnc1.Cl.Cl. The summed E-state index contributed by atoms with van der Waals surface area (Å²) in [6.45, 7) is 3.27. The number of pyridine rings is 1. The molecule has 1 aliphatic rings. The lowest BCUT2D eigenvalue weighted by atomic mass is 9.92. The van der Waals surface area contributed by atoms with Gasteiger partial charge in [-0.3, -0.25) is 9.78 Å². The molecule has 0 saturated carbocycles. The van der Waals surface area contributed by atoms with Crippen LogP contribution in [0.4, 0.5) is 5.69 Å². The molecule has 6 nitrogen and oxygen atoms in total. The van der Waals surface area contributed by atoms with E-state index in [-0.39, 0.29) is 36.6 Å². The number of anilines is 1. The van der Waals surface area contributed by atoms with Gasteiger partial charge in [-0.1, -0.05) is 0 Å². The third-order valence-electron chi connectivity index (χ3n) is 4.38. The Morgan fingerprint density at radius 1 is 1.30 bits per heavy atom. The summed E-state index contributed by atoms with van der Waals surface area (Å²) >= 11 is 0. The zero-order valence-corrected chi connectivity index (χ0v) is 16.7. The summed E-state index contributed by atoms with van der Waals surface area (Å²) in [7, 11) is 0. The summed E-state index contributed by atoms with van der Waals surface area (Å²) in [5, 5.41) is 2.90. The topological polar surface area (TPSA) is 86.5 Å². The van der Waals surface area contributed by atoms with Crippen LogP contribution in [0, 0.1) is 12.8 Å². The number of aromatic nitrogens is 1. The number of aryl methyl sites for hydroxylation is 1. The molecule has 1 fully saturated rings. The quantitative estimate of drug-likeness (QED) is 0.779.